The molecule has 1 amide bonds. The first kappa shape index (κ1) is 28.3. The Labute approximate surface area is 245 Å². The van der Waals surface area contributed by atoms with Gasteiger partial charge in [-0.05, 0) is 50.6 Å². The van der Waals surface area contributed by atoms with E-state index >= 15 is 0 Å². The highest BCUT2D eigenvalue weighted by atomic mass is 35.5. The second kappa shape index (κ2) is 12.1. The number of aryl methyl sites for hydroxylation is 2. The summed E-state index contributed by atoms with van der Waals surface area (Å²) in [7, 11) is 0. The number of nitrogens with one attached hydrogen (secondary N) is 1. The van der Waals surface area contributed by atoms with Crippen molar-refractivity contribution in [3.63, 3.8) is 0 Å². The van der Waals surface area contributed by atoms with E-state index < -0.39 is 5.97 Å². The number of carbonyl (C=O) groups excluding carboxylic acids is 3. The third-order valence-electron chi connectivity index (χ3n) is 6.61. The molecule has 0 aliphatic heterocycles. The smallest absolute Gasteiger partial charge is 0.354 e. The van der Waals surface area contributed by atoms with E-state index in [1.54, 1.807) is 53.3 Å². The van der Waals surface area contributed by atoms with E-state index in [1.807, 2.05) is 37.3 Å². The Morgan fingerprint density at radius 2 is 1.76 bits per heavy atom. The first-order chi connectivity index (χ1) is 19.8. The lowest BCUT2D eigenvalue weighted by atomic mass is 10.0. The van der Waals surface area contributed by atoms with Crippen molar-refractivity contribution in [1.82, 2.24) is 24.6 Å². The SMILES string of the molecule is CCOC(=O)c1cc2ccccc2n1CC(=O)NCc1nnc(C)n1-c1sc(CC)cc1C(=O)c1ccccc1Cl. The Hall–Kier alpha value is -4.28. The van der Waals surface area contributed by atoms with E-state index in [-0.39, 0.29) is 31.4 Å². The summed E-state index contributed by atoms with van der Waals surface area (Å²) in [6.45, 7) is 5.75. The summed E-state index contributed by atoms with van der Waals surface area (Å²) in [5, 5.41) is 13.3. The van der Waals surface area contributed by atoms with Crippen molar-refractivity contribution < 1.29 is 19.1 Å². The van der Waals surface area contributed by atoms with E-state index in [2.05, 4.69) is 15.5 Å². The van der Waals surface area contributed by atoms with Crippen molar-refractivity contribution in [2.45, 2.75) is 40.3 Å². The van der Waals surface area contributed by atoms with Crippen LogP contribution in [-0.2, 0) is 29.0 Å². The predicted octanol–water partition coefficient (Wildman–Crippen LogP) is 5.53. The number of para-hydroxylation sites is 1. The van der Waals surface area contributed by atoms with Gasteiger partial charge in [0.15, 0.2) is 11.6 Å². The minimum Gasteiger partial charge on any atom is -0.461 e. The van der Waals surface area contributed by atoms with E-state index in [1.165, 1.54) is 11.3 Å². The van der Waals surface area contributed by atoms with Crippen molar-refractivity contribution in [3.8, 4) is 5.00 Å². The first-order valence-electron chi connectivity index (χ1n) is 13.2. The number of ketones is 1. The molecule has 0 bridgehead atoms. The molecule has 0 saturated heterocycles. The van der Waals surface area contributed by atoms with Crippen LogP contribution in [0.2, 0.25) is 5.02 Å². The Bertz CT molecular complexity index is 1770. The zero-order valence-corrected chi connectivity index (χ0v) is 24.4. The summed E-state index contributed by atoms with van der Waals surface area (Å²) in [6.07, 6.45) is 0.744. The molecule has 0 spiro atoms. The summed E-state index contributed by atoms with van der Waals surface area (Å²) < 4.78 is 8.65. The highest BCUT2D eigenvalue weighted by Crippen LogP contribution is 2.32. The first-order valence-corrected chi connectivity index (χ1v) is 14.4. The van der Waals surface area contributed by atoms with E-state index in [0.717, 1.165) is 22.2 Å². The number of benzene rings is 2. The van der Waals surface area contributed by atoms with Crippen LogP contribution in [0.4, 0.5) is 0 Å². The molecule has 0 aliphatic carbocycles. The van der Waals surface area contributed by atoms with Gasteiger partial charge in [0.05, 0.1) is 23.7 Å². The number of ether oxygens (including phenoxy) is 1. The molecule has 0 saturated carbocycles. The topological polar surface area (TPSA) is 108 Å². The van der Waals surface area contributed by atoms with Gasteiger partial charge in [-0.3, -0.25) is 14.2 Å². The third kappa shape index (κ3) is 5.66. The summed E-state index contributed by atoms with van der Waals surface area (Å²) in [5.74, 6) is 0.0315. The summed E-state index contributed by atoms with van der Waals surface area (Å²) in [5.41, 5.74) is 1.95. The van der Waals surface area contributed by atoms with Gasteiger partial charge in [0.1, 0.15) is 23.1 Å². The van der Waals surface area contributed by atoms with Gasteiger partial charge < -0.3 is 14.6 Å². The second-order valence-electron chi connectivity index (χ2n) is 9.26. The maximum atomic E-state index is 13.6. The van der Waals surface area contributed by atoms with Gasteiger partial charge in [-0.1, -0.05) is 48.9 Å². The molecule has 0 atom stereocenters. The van der Waals surface area contributed by atoms with E-state index in [9.17, 15) is 14.4 Å². The number of rotatable bonds is 10. The fraction of sp³-hybridized carbons (Fsp3) is 0.233. The monoisotopic (exact) mass is 589 g/mol. The maximum absolute atomic E-state index is 13.6. The highest BCUT2D eigenvalue weighted by molar-refractivity contribution is 7.15. The van der Waals surface area contributed by atoms with Gasteiger partial charge in [0.2, 0.25) is 5.91 Å². The van der Waals surface area contributed by atoms with Crippen molar-refractivity contribution in [2.75, 3.05) is 6.61 Å². The number of fused-ring (bicyclic) bond motifs is 1. The molecule has 0 aliphatic rings. The van der Waals surface area contributed by atoms with Crippen molar-refractivity contribution in [3.05, 3.63) is 99.0 Å². The standard InChI is InChI=1S/C30H28ClN5O4S/c1-4-20-15-22(28(38)21-11-7-8-12-23(21)31)29(41-20)36-18(3)33-34-26(36)16-32-27(37)17-35-24-13-9-6-10-19(24)14-25(35)30(39)40-5-2/h6-15H,4-5,16-17H2,1-3H3,(H,32,37). The Morgan fingerprint density at radius 1 is 1.00 bits per heavy atom. The molecule has 0 unspecified atom stereocenters. The van der Waals surface area contributed by atoms with Crippen molar-refractivity contribution in [1.29, 1.82) is 0 Å². The van der Waals surface area contributed by atoms with Crippen LogP contribution in [0.3, 0.4) is 0 Å². The van der Waals surface area contributed by atoms with Crippen LogP contribution < -0.4 is 5.32 Å². The molecule has 3 aromatic heterocycles. The molecule has 0 fully saturated rings. The second-order valence-corrected chi connectivity index (χ2v) is 10.8. The average molecular weight is 590 g/mol. The molecule has 5 rings (SSSR count). The molecule has 9 nitrogen and oxygen atoms in total. The number of nitrogens with zero attached hydrogens (tertiary/aromatic N) is 4. The van der Waals surface area contributed by atoms with Gasteiger partial charge in [-0.15, -0.1) is 21.5 Å². The van der Waals surface area contributed by atoms with Gasteiger partial charge in [0.25, 0.3) is 0 Å². The Balaban J connectivity index is 1.42. The number of aromatic nitrogens is 4. The van der Waals surface area contributed by atoms with Crippen LogP contribution in [0.5, 0.6) is 0 Å². The molecule has 11 heteroatoms. The fourth-order valence-electron chi connectivity index (χ4n) is 4.64. The Morgan fingerprint density at radius 3 is 2.51 bits per heavy atom. The number of hydrogen-bond acceptors (Lipinski definition) is 7. The number of carbonyl (C=O) groups is 3. The molecule has 0 radical (unpaired) electrons. The predicted molar refractivity (Wildman–Crippen MR) is 158 cm³/mol. The molecule has 1 N–H and O–H groups in total. The van der Waals surface area contributed by atoms with Crippen molar-refractivity contribution >= 4 is 51.5 Å². The highest BCUT2D eigenvalue weighted by Gasteiger charge is 2.24. The van der Waals surface area contributed by atoms with Crippen LogP contribution in [0, 0.1) is 6.92 Å². The van der Waals surface area contributed by atoms with Crippen LogP contribution >= 0.6 is 22.9 Å². The average Bonchev–Trinajstić information content (AvgIpc) is 3.67. The zero-order chi connectivity index (χ0) is 29.1. The minimum absolute atomic E-state index is 0.0622. The number of halogens is 1. The Kier molecular flexibility index (Phi) is 8.32. The molecular weight excluding hydrogens is 562 g/mol. The summed E-state index contributed by atoms with van der Waals surface area (Å²) in [4.78, 5) is 40.4. The van der Waals surface area contributed by atoms with Crippen LogP contribution in [0.1, 0.15) is 56.8 Å². The van der Waals surface area contributed by atoms with E-state index in [4.69, 9.17) is 16.3 Å². The van der Waals surface area contributed by atoms with Gasteiger partial charge in [-0.2, -0.15) is 0 Å². The lowest BCUT2D eigenvalue weighted by Gasteiger charge is -2.12. The molecular formula is C30H28ClN5O4S. The summed E-state index contributed by atoms with van der Waals surface area (Å²) in [6, 6.07) is 18.0. The number of esters is 1. The largest absolute Gasteiger partial charge is 0.461 e. The molecule has 41 heavy (non-hydrogen) atoms. The molecule has 2 aromatic carbocycles. The molecule has 210 valence electrons. The minimum atomic E-state index is -0.494. The number of hydrogen-bond donors (Lipinski definition) is 1. The lowest BCUT2D eigenvalue weighted by molar-refractivity contribution is -0.121. The van der Waals surface area contributed by atoms with Crippen LogP contribution in [0.25, 0.3) is 15.9 Å². The van der Waals surface area contributed by atoms with Crippen LogP contribution in [-0.4, -0.2) is 43.6 Å². The third-order valence-corrected chi connectivity index (χ3v) is 8.20. The zero-order valence-electron chi connectivity index (χ0n) is 22.8. The number of amides is 1. The molecule has 3 heterocycles. The van der Waals surface area contributed by atoms with Gasteiger partial charge >= 0.3 is 5.97 Å². The fourth-order valence-corrected chi connectivity index (χ4v) is 6.02. The quantitative estimate of drug-likeness (QED) is 0.169. The van der Waals surface area contributed by atoms with Gasteiger partial charge in [-0.25, -0.2) is 4.79 Å². The number of thiophene rings is 1. The lowest BCUT2D eigenvalue weighted by Crippen LogP contribution is -2.29. The molecule has 5 aromatic rings. The van der Waals surface area contributed by atoms with Gasteiger partial charge in [0, 0.05) is 21.3 Å². The summed E-state index contributed by atoms with van der Waals surface area (Å²) >= 11 is 7.82. The van der Waals surface area contributed by atoms with E-state index in [0.29, 0.717) is 38.5 Å². The maximum Gasteiger partial charge on any atom is 0.354 e. The van der Waals surface area contributed by atoms with Crippen LogP contribution in [0.15, 0.2) is 60.7 Å². The van der Waals surface area contributed by atoms with Crippen molar-refractivity contribution in [2.24, 2.45) is 0 Å². The normalized spacial score (nSPS) is 11.1.